The zero-order chi connectivity index (χ0) is 13.9. The Morgan fingerprint density at radius 2 is 1.58 bits per heavy atom. The van der Waals surface area contributed by atoms with Crippen LogP contribution in [-0.2, 0) is 11.2 Å². The Balaban J connectivity index is 2.17. The molecule has 2 aromatic carbocycles. The quantitative estimate of drug-likeness (QED) is 0.786. The van der Waals surface area contributed by atoms with Crippen molar-refractivity contribution in [3.63, 3.8) is 0 Å². The van der Waals surface area contributed by atoms with Gasteiger partial charge in [0.15, 0.2) is 8.07 Å². The van der Waals surface area contributed by atoms with Gasteiger partial charge in [-0.15, -0.1) is 0 Å². The van der Waals surface area contributed by atoms with Gasteiger partial charge in [-0.1, -0.05) is 72.3 Å². The normalized spacial score (nSPS) is 11.3. The number of hydrogen-bond acceptors (Lipinski definition) is 1. The van der Waals surface area contributed by atoms with Crippen LogP contribution in [0.25, 0.3) is 0 Å². The van der Waals surface area contributed by atoms with Crippen molar-refractivity contribution in [2.75, 3.05) is 0 Å². The number of halogens is 1. The Hall–Kier alpha value is -1.38. The van der Waals surface area contributed by atoms with E-state index in [-0.39, 0.29) is 0 Å². The Kier molecular flexibility index (Phi) is 4.23. The van der Waals surface area contributed by atoms with Crippen molar-refractivity contribution in [2.24, 2.45) is 0 Å². The molecule has 0 saturated carbocycles. The first-order chi connectivity index (χ1) is 9.00. The standard InChI is InChI=1S/C16H17ClOSi/c1-19(2,15-6-4-3-5-7-15)16(18)12-13-8-10-14(17)11-9-13/h3-11H,12H2,1-2H3. The Labute approximate surface area is 120 Å². The van der Waals surface area contributed by atoms with E-state index in [4.69, 9.17) is 11.6 Å². The fourth-order valence-corrected chi connectivity index (χ4v) is 4.14. The van der Waals surface area contributed by atoms with Crippen molar-refractivity contribution in [3.8, 4) is 0 Å². The van der Waals surface area contributed by atoms with Crippen LogP contribution < -0.4 is 5.19 Å². The molecular weight excluding hydrogens is 272 g/mol. The van der Waals surface area contributed by atoms with Crippen LogP contribution in [0, 0.1) is 0 Å². The van der Waals surface area contributed by atoms with Crippen LogP contribution >= 0.6 is 11.6 Å². The number of carbonyl (C=O) groups is 1. The number of hydrogen-bond donors (Lipinski definition) is 0. The van der Waals surface area contributed by atoms with Gasteiger partial charge in [0.05, 0.1) is 0 Å². The molecule has 0 atom stereocenters. The molecule has 1 nitrogen and oxygen atoms in total. The highest BCUT2D eigenvalue weighted by atomic mass is 35.5. The van der Waals surface area contributed by atoms with Crippen LogP contribution in [0.1, 0.15) is 5.56 Å². The molecule has 0 aromatic heterocycles. The predicted molar refractivity (Wildman–Crippen MR) is 83.7 cm³/mol. The van der Waals surface area contributed by atoms with Crippen LogP contribution in [0.5, 0.6) is 0 Å². The van der Waals surface area contributed by atoms with Gasteiger partial charge in [0.2, 0.25) is 0 Å². The maximum absolute atomic E-state index is 12.5. The average Bonchev–Trinajstić information content (AvgIpc) is 2.42. The highest BCUT2D eigenvalue weighted by molar-refractivity contribution is 7.13. The van der Waals surface area contributed by atoms with Crippen molar-refractivity contribution in [1.29, 1.82) is 0 Å². The van der Waals surface area contributed by atoms with Crippen LogP contribution in [0.15, 0.2) is 54.6 Å². The SMILES string of the molecule is C[Si](C)(C(=O)Cc1ccc(Cl)cc1)c1ccccc1. The maximum atomic E-state index is 12.5. The van der Waals surface area contributed by atoms with Gasteiger partial charge < -0.3 is 4.79 Å². The monoisotopic (exact) mass is 288 g/mol. The van der Waals surface area contributed by atoms with Gasteiger partial charge in [-0.2, -0.15) is 0 Å². The van der Waals surface area contributed by atoms with Crippen LogP contribution in [-0.4, -0.2) is 13.5 Å². The lowest BCUT2D eigenvalue weighted by atomic mass is 10.2. The second-order valence-corrected chi connectivity index (χ2v) is 10.0. The van der Waals surface area contributed by atoms with Gasteiger partial charge in [0.25, 0.3) is 0 Å². The minimum Gasteiger partial charge on any atom is -0.305 e. The van der Waals surface area contributed by atoms with Crippen LogP contribution in [0.2, 0.25) is 18.1 Å². The lowest BCUT2D eigenvalue weighted by molar-refractivity contribution is -0.112. The number of carbonyl (C=O) groups excluding carboxylic acids is 1. The largest absolute Gasteiger partial charge is 0.305 e. The smallest absolute Gasteiger partial charge is 0.157 e. The first-order valence-corrected chi connectivity index (χ1v) is 9.71. The molecule has 0 heterocycles. The molecule has 0 aliphatic heterocycles. The average molecular weight is 289 g/mol. The highest BCUT2D eigenvalue weighted by Gasteiger charge is 2.31. The van der Waals surface area contributed by atoms with E-state index in [9.17, 15) is 4.79 Å². The fraction of sp³-hybridized carbons (Fsp3) is 0.188. The Morgan fingerprint density at radius 3 is 2.16 bits per heavy atom. The van der Waals surface area contributed by atoms with Gasteiger partial charge in [0.1, 0.15) is 5.41 Å². The third-order valence-corrected chi connectivity index (χ3v) is 7.07. The highest BCUT2D eigenvalue weighted by Crippen LogP contribution is 2.13. The molecule has 3 heteroatoms. The lowest BCUT2D eigenvalue weighted by Gasteiger charge is -2.21. The third-order valence-electron chi connectivity index (χ3n) is 3.47. The summed E-state index contributed by atoms with van der Waals surface area (Å²) in [7, 11) is -2.05. The summed E-state index contributed by atoms with van der Waals surface area (Å²) >= 11 is 5.86. The van der Waals surface area contributed by atoms with E-state index in [1.807, 2.05) is 42.5 Å². The van der Waals surface area contributed by atoms with Gasteiger partial charge in [-0.3, -0.25) is 0 Å². The number of benzene rings is 2. The summed E-state index contributed by atoms with van der Waals surface area (Å²) < 4.78 is 0. The van der Waals surface area contributed by atoms with E-state index >= 15 is 0 Å². The van der Waals surface area contributed by atoms with E-state index in [0.717, 1.165) is 5.56 Å². The van der Waals surface area contributed by atoms with Crippen LogP contribution in [0.3, 0.4) is 0 Å². The van der Waals surface area contributed by atoms with Crippen molar-refractivity contribution in [3.05, 3.63) is 65.2 Å². The summed E-state index contributed by atoms with van der Waals surface area (Å²) in [6.07, 6.45) is 0.491. The summed E-state index contributed by atoms with van der Waals surface area (Å²) in [4.78, 5) is 12.5. The van der Waals surface area contributed by atoms with Gasteiger partial charge in [-0.25, -0.2) is 0 Å². The van der Waals surface area contributed by atoms with Crippen LogP contribution in [0.4, 0.5) is 0 Å². The minimum absolute atomic E-state index is 0.348. The zero-order valence-electron chi connectivity index (χ0n) is 11.2. The van der Waals surface area contributed by atoms with Crippen molar-refractivity contribution in [2.45, 2.75) is 19.5 Å². The molecule has 19 heavy (non-hydrogen) atoms. The summed E-state index contributed by atoms with van der Waals surface area (Å²) in [6, 6.07) is 17.6. The molecule has 2 aromatic rings. The van der Waals surface area contributed by atoms with Crippen molar-refractivity contribution < 1.29 is 4.79 Å². The molecule has 0 bridgehead atoms. The van der Waals surface area contributed by atoms with E-state index in [2.05, 4.69) is 25.2 Å². The maximum Gasteiger partial charge on any atom is 0.157 e. The number of rotatable bonds is 4. The Morgan fingerprint density at radius 1 is 1.00 bits per heavy atom. The summed E-state index contributed by atoms with van der Waals surface area (Å²) in [6.45, 7) is 4.22. The van der Waals surface area contributed by atoms with E-state index in [0.29, 0.717) is 16.8 Å². The van der Waals surface area contributed by atoms with Gasteiger partial charge in [-0.05, 0) is 17.7 Å². The molecular formula is C16H17ClOSi. The van der Waals surface area contributed by atoms with Gasteiger partial charge in [0, 0.05) is 11.4 Å². The summed E-state index contributed by atoms with van der Waals surface area (Å²) in [5.41, 5.74) is 1.03. The van der Waals surface area contributed by atoms with E-state index < -0.39 is 8.07 Å². The molecule has 0 amide bonds. The Bertz CT molecular complexity index is 561. The topological polar surface area (TPSA) is 17.1 Å². The first kappa shape index (κ1) is 14.0. The first-order valence-electron chi connectivity index (χ1n) is 6.33. The molecule has 0 fully saturated rings. The predicted octanol–water partition coefficient (Wildman–Crippen LogP) is 3.61. The van der Waals surface area contributed by atoms with E-state index in [1.54, 1.807) is 0 Å². The van der Waals surface area contributed by atoms with Crippen molar-refractivity contribution >= 4 is 30.3 Å². The fourth-order valence-electron chi connectivity index (χ4n) is 2.02. The van der Waals surface area contributed by atoms with Gasteiger partial charge >= 0.3 is 0 Å². The minimum atomic E-state index is -2.05. The molecule has 2 rings (SSSR count). The molecule has 0 aliphatic rings. The summed E-state index contributed by atoms with van der Waals surface area (Å²) in [5.74, 6) is 0. The molecule has 0 unspecified atom stereocenters. The lowest BCUT2D eigenvalue weighted by Crippen LogP contribution is -2.50. The molecule has 0 aliphatic carbocycles. The molecule has 0 radical (unpaired) electrons. The molecule has 0 saturated heterocycles. The third kappa shape index (κ3) is 3.34. The summed E-state index contributed by atoms with van der Waals surface area (Å²) in [5, 5.41) is 2.24. The second-order valence-electron chi connectivity index (χ2n) is 5.22. The second kappa shape index (κ2) is 5.72. The molecule has 98 valence electrons. The van der Waals surface area contributed by atoms with Crippen molar-refractivity contribution in [1.82, 2.24) is 0 Å². The van der Waals surface area contributed by atoms with E-state index in [1.165, 1.54) is 5.19 Å². The zero-order valence-corrected chi connectivity index (χ0v) is 12.9. The molecule has 0 spiro atoms. The molecule has 0 N–H and O–H groups in total.